The van der Waals surface area contributed by atoms with Crippen LogP contribution in [-0.4, -0.2) is 17.0 Å². The summed E-state index contributed by atoms with van der Waals surface area (Å²) in [5, 5.41) is 20.5. The molecule has 0 atom stereocenters. The third-order valence-corrected chi connectivity index (χ3v) is 2.59. The Labute approximate surface area is 121 Å². The standard InChI is InChI=1S/C7H7NO3.C7H7NO2/c1-11-7-5-3-2-4-6(7)8(9)10;1-6-4-2-3-5-7(6)8(9)10/h2-5H,1H3;2-5H,1H3. The van der Waals surface area contributed by atoms with Crippen molar-refractivity contribution >= 4 is 11.4 Å². The lowest BCUT2D eigenvalue weighted by Gasteiger charge is -1.98. The van der Waals surface area contributed by atoms with E-state index in [0.717, 1.165) is 0 Å². The maximum absolute atomic E-state index is 10.3. The van der Waals surface area contributed by atoms with Crippen molar-refractivity contribution in [2.45, 2.75) is 6.92 Å². The van der Waals surface area contributed by atoms with Crippen LogP contribution in [0, 0.1) is 27.2 Å². The number of hydrogen-bond acceptors (Lipinski definition) is 5. The third kappa shape index (κ3) is 4.57. The van der Waals surface area contributed by atoms with Gasteiger partial charge in [-0.15, -0.1) is 0 Å². The molecule has 110 valence electrons. The molecule has 21 heavy (non-hydrogen) atoms. The summed E-state index contributed by atoms with van der Waals surface area (Å²) in [6.07, 6.45) is 0. The highest BCUT2D eigenvalue weighted by Gasteiger charge is 2.11. The van der Waals surface area contributed by atoms with Crippen molar-refractivity contribution < 1.29 is 14.6 Å². The van der Waals surface area contributed by atoms with E-state index in [-0.39, 0.29) is 22.0 Å². The van der Waals surface area contributed by atoms with Gasteiger partial charge in [-0.2, -0.15) is 0 Å². The highest BCUT2D eigenvalue weighted by molar-refractivity contribution is 5.45. The van der Waals surface area contributed by atoms with E-state index in [9.17, 15) is 20.2 Å². The molecule has 7 nitrogen and oxygen atoms in total. The van der Waals surface area contributed by atoms with Crippen LogP contribution >= 0.6 is 0 Å². The van der Waals surface area contributed by atoms with Crippen molar-refractivity contribution in [2.24, 2.45) is 0 Å². The zero-order valence-electron chi connectivity index (χ0n) is 11.6. The number of methoxy groups -OCH3 is 1. The molecule has 0 radical (unpaired) electrons. The van der Waals surface area contributed by atoms with Gasteiger partial charge < -0.3 is 4.74 Å². The number of nitro groups is 2. The fourth-order valence-corrected chi connectivity index (χ4v) is 1.55. The fraction of sp³-hybridized carbons (Fsp3) is 0.143. The monoisotopic (exact) mass is 290 g/mol. The van der Waals surface area contributed by atoms with Gasteiger partial charge in [0.2, 0.25) is 0 Å². The predicted molar refractivity (Wildman–Crippen MR) is 77.5 cm³/mol. The van der Waals surface area contributed by atoms with Crippen LogP contribution in [-0.2, 0) is 0 Å². The summed E-state index contributed by atoms with van der Waals surface area (Å²) in [4.78, 5) is 19.7. The topological polar surface area (TPSA) is 95.5 Å². The van der Waals surface area contributed by atoms with Crippen molar-refractivity contribution in [2.75, 3.05) is 7.11 Å². The number of aryl methyl sites for hydroxylation is 1. The highest BCUT2D eigenvalue weighted by atomic mass is 16.6. The molecule has 0 saturated carbocycles. The minimum atomic E-state index is -0.473. The molecule has 2 aromatic carbocycles. The molecule has 0 N–H and O–H groups in total. The molecule has 0 aliphatic heterocycles. The molecule has 2 aromatic rings. The first-order valence-corrected chi connectivity index (χ1v) is 5.94. The SMILES string of the molecule is COc1ccccc1[N+](=O)[O-].Cc1ccccc1[N+](=O)[O-]. The summed E-state index contributed by atoms with van der Waals surface area (Å²) in [5.41, 5.74) is 0.880. The lowest BCUT2D eigenvalue weighted by atomic mass is 10.2. The van der Waals surface area contributed by atoms with Crippen LogP contribution < -0.4 is 4.74 Å². The molecule has 0 unspecified atom stereocenters. The first-order chi connectivity index (χ1) is 9.97. The van der Waals surface area contributed by atoms with Crippen LogP contribution in [0.15, 0.2) is 48.5 Å². The summed E-state index contributed by atoms with van der Waals surface area (Å²) >= 11 is 0. The van der Waals surface area contributed by atoms with Crippen LogP contribution in [0.5, 0.6) is 5.75 Å². The number of hydrogen-bond donors (Lipinski definition) is 0. The molecule has 7 heteroatoms. The molecule has 0 heterocycles. The molecule has 0 aromatic heterocycles. The van der Waals surface area contributed by atoms with Gasteiger partial charge in [0.1, 0.15) is 0 Å². The predicted octanol–water partition coefficient (Wildman–Crippen LogP) is 3.51. The van der Waals surface area contributed by atoms with Gasteiger partial charge in [-0.05, 0) is 13.0 Å². The Morgan fingerprint density at radius 2 is 1.33 bits per heavy atom. The maximum Gasteiger partial charge on any atom is 0.310 e. The molecule has 0 aliphatic carbocycles. The van der Waals surface area contributed by atoms with Crippen molar-refractivity contribution in [1.29, 1.82) is 0 Å². The highest BCUT2D eigenvalue weighted by Crippen LogP contribution is 2.24. The van der Waals surface area contributed by atoms with Crippen LogP contribution in [0.1, 0.15) is 5.56 Å². The average Bonchev–Trinajstić information content (AvgIpc) is 2.48. The van der Waals surface area contributed by atoms with Crippen LogP contribution in [0.3, 0.4) is 0 Å². The number of nitro benzene ring substituents is 2. The first-order valence-electron chi connectivity index (χ1n) is 5.94. The molecule has 0 spiro atoms. The second kappa shape index (κ2) is 7.59. The lowest BCUT2D eigenvalue weighted by Crippen LogP contribution is -1.92. The van der Waals surface area contributed by atoms with Crippen LogP contribution in [0.25, 0.3) is 0 Å². The van der Waals surface area contributed by atoms with Gasteiger partial charge in [0.25, 0.3) is 5.69 Å². The Balaban J connectivity index is 0.000000211. The largest absolute Gasteiger partial charge is 0.490 e. The summed E-state index contributed by atoms with van der Waals surface area (Å²) in [7, 11) is 1.41. The maximum atomic E-state index is 10.3. The lowest BCUT2D eigenvalue weighted by molar-refractivity contribution is -0.385. The summed E-state index contributed by atoms with van der Waals surface area (Å²) in [6, 6.07) is 12.9. The van der Waals surface area contributed by atoms with Gasteiger partial charge in [0, 0.05) is 17.7 Å². The van der Waals surface area contributed by atoms with E-state index in [0.29, 0.717) is 5.56 Å². The molecule has 0 fully saturated rings. The van der Waals surface area contributed by atoms with Gasteiger partial charge in [-0.25, -0.2) is 0 Å². The van der Waals surface area contributed by atoms with Gasteiger partial charge >= 0.3 is 5.69 Å². The Kier molecular flexibility index (Phi) is 5.81. The zero-order chi connectivity index (χ0) is 15.8. The second-order valence-electron chi connectivity index (χ2n) is 3.97. The minimum Gasteiger partial charge on any atom is -0.490 e. The number of nitrogens with zero attached hydrogens (tertiary/aromatic N) is 2. The average molecular weight is 290 g/mol. The van der Waals surface area contributed by atoms with E-state index >= 15 is 0 Å². The van der Waals surface area contributed by atoms with E-state index < -0.39 is 4.92 Å². The summed E-state index contributed by atoms with van der Waals surface area (Å²) < 4.78 is 4.76. The van der Waals surface area contributed by atoms with E-state index in [1.807, 2.05) is 0 Å². The van der Waals surface area contributed by atoms with E-state index in [1.165, 1.54) is 19.2 Å². The number of para-hydroxylation sites is 3. The molecule has 0 saturated heterocycles. The van der Waals surface area contributed by atoms with Crippen LogP contribution in [0.4, 0.5) is 11.4 Å². The minimum absolute atomic E-state index is 0.00463. The number of rotatable bonds is 3. The molecule has 0 amide bonds. The fourth-order valence-electron chi connectivity index (χ4n) is 1.55. The van der Waals surface area contributed by atoms with Gasteiger partial charge in [0.15, 0.2) is 5.75 Å². The van der Waals surface area contributed by atoms with E-state index in [4.69, 9.17) is 4.74 Å². The van der Waals surface area contributed by atoms with Gasteiger partial charge in [0.05, 0.1) is 17.0 Å². The normalized spacial score (nSPS) is 9.24. The molecular formula is C14H14N2O5. The van der Waals surface area contributed by atoms with Crippen molar-refractivity contribution in [3.8, 4) is 5.75 Å². The Morgan fingerprint density at radius 1 is 0.857 bits per heavy atom. The summed E-state index contributed by atoms with van der Waals surface area (Å²) in [6.45, 7) is 1.72. The van der Waals surface area contributed by atoms with Gasteiger partial charge in [-0.1, -0.05) is 30.3 Å². The third-order valence-electron chi connectivity index (χ3n) is 2.59. The number of benzene rings is 2. The molecule has 0 bridgehead atoms. The van der Waals surface area contributed by atoms with E-state index in [1.54, 1.807) is 43.3 Å². The molecule has 0 aliphatic rings. The Hall–Kier alpha value is -2.96. The second-order valence-corrected chi connectivity index (χ2v) is 3.97. The van der Waals surface area contributed by atoms with Crippen molar-refractivity contribution in [1.82, 2.24) is 0 Å². The van der Waals surface area contributed by atoms with E-state index in [2.05, 4.69) is 0 Å². The van der Waals surface area contributed by atoms with Crippen molar-refractivity contribution in [3.05, 3.63) is 74.3 Å². The van der Waals surface area contributed by atoms with Gasteiger partial charge in [-0.3, -0.25) is 20.2 Å². The smallest absolute Gasteiger partial charge is 0.310 e. The summed E-state index contributed by atoms with van der Waals surface area (Å²) in [5.74, 6) is 0.289. The Bertz CT molecular complexity index is 643. The molecular weight excluding hydrogens is 276 g/mol. The Morgan fingerprint density at radius 3 is 1.71 bits per heavy atom. The quantitative estimate of drug-likeness (QED) is 0.636. The zero-order valence-corrected chi connectivity index (χ0v) is 11.6. The number of ether oxygens (including phenoxy) is 1. The molecule has 2 rings (SSSR count). The van der Waals surface area contributed by atoms with Crippen LogP contribution in [0.2, 0.25) is 0 Å². The van der Waals surface area contributed by atoms with Crippen molar-refractivity contribution in [3.63, 3.8) is 0 Å². The first kappa shape index (κ1) is 16.1.